The molecule has 0 saturated heterocycles. The molecule has 3 heteroatoms. The van der Waals surface area contributed by atoms with Gasteiger partial charge < -0.3 is 5.11 Å². The first kappa shape index (κ1) is 19.4. The number of carbonyl (C=O) groups is 1. The summed E-state index contributed by atoms with van der Waals surface area (Å²) < 4.78 is 15.5. The Kier molecular flexibility index (Phi) is 7.42. The molecule has 0 bridgehead atoms. The molecule has 0 amide bonds. The van der Waals surface area contributed by atoms with Crippen LogP contribution in [0.3, 0.4) is 0 Å². The lowest BCUT2D eigenvalue weighted by Gasteiger charge is -2.23. The van der Waals surface area contributed by atoms with E-state index in [1.807, 2.05) is 24.3 Å². The van der Waals surface area contributed by atoms with Gasteiger partial charge in [0, 0.05) is 5.56 Å². The number of halogens is 1. The number of unbranched alkanes of at least 4 members (excludes halogenated alkanes) is 7. The number of carboxylic acid groups (broad SMARTS) is 1. The van der Waals surface area contributed by atoms with Gasteiger partial charge in [-0.05, 0) is 23.6 Å². The lowest BCUT2D eigenvalue weighted by Crippen LogP contribution is -2.31. The zero-order chi connectivity index (χ0) is 18.1. The monoisotopic (exact) mass is 344 g/mol. The molecule has 0 aromatic heterocycles. The normalized spacial score (nSPS) is 13.7. The highest BCUT2D eigenvalue weighted by Gasteiger charge is 2.41. The molecule has 0 spiro atoms. The van der Waals surface area contributed by atoms with Crippen LogP contribution in [0.15, 0.2) is 42.5 Å². The van der Waals surface area contributed by atoms with Crippen molar-refractivity contribution < 1.29 is 14.3 Å². The first-order valence-corrected chi connectivity index (χ1v) is 9.50. The van der Waals surface area contributed by atoms with Crippen LogP contribution >= 0.6 is 0 Å². The fourth-order valence-electron chi connectivity index (χ4n) is 3.43. The molecule has 0 aliphatic carbocycles. The molecule has 1 N–H and O–H groups in total. The predicted octanol–water partition coefficient (Wildman–Crippen LogP) is 6.62. The van der Waals surface area contributed by atoms with Crippen molar-refractivity contribution in [2.75, 3.05) is 0 Å². The van der Waals surface area contributed by atoms with Gasteiger partial charge in [-0.3, -0.25) is 0 Å². The Balaban J connectivity index is 2.00. The van der Waals surface area contributed by atoms with Gasteiger partial charge in [-0.25, -0.2) is 9.18 Å². The van der Waals surface area contributed by atoms with Crippen LogP contribution in [0, 0.1) is 0 Å². The maximum atomic E-state index is 15.5. The Bertz CT molecular complexity index is 677. The van der Waals surface area contributed by atoms with Gasteiger partial charge in [0.05, 0.1) is 0 Å². The lowest BCUT2D eigenvalue weighted by molar-refractivity contribution is -0.152. The molecular formula is C22H29FO2. The highest BCUT2D eigenvalue weighted by molar-refractivity contribution is 5.92. The van der Waals surface area contributed by atoms with Crippen LogP contribution in [0.25, 0.3) is 10.8 Å². The summed E-state index contributed by atoms with van der Waals surface area (Å²) in [6.07, 6.45) is 8.70. The van der Waals surface area contributed by atoms with E-state index in [2.05, 4.69) is 6.92 Å². The lowest BCUT2D eigenvalue weighted by atomic mass is 9.86. The third-order valence-electron chi connectivity index (χ3n) is 4.93. The maximum absolute atomic E-state index is 15.5. The third-order valence-corrected chi connectivity index (χ3v) is 4.93. The minimum absolute atomic E-state index is 0.0330. The first-order chi connectivity index (χ1) is 12.1. The van der Waals surface area contributed by atoms with Gasteiger partial charge in [0.15, 0.2) is 0 Å². The van der Waals surface area contributed by atoms with Crippen molar-refractivity contribution in [3.05, 3.63) is 48.0 Å². The van der Waals surface area contributed by atoms with E-state index < -0.39 is 11.6 Å². The Morgan fingerprint density at radius 3 is 2.20 bits per heavy atom. The molecule has 2 rings (SSSR count). The van der Waals surface area contributed by atoms with Gasteiger partial charge >= 0.3 is 5.97 Å². The summed E-state index contributed by atoms with van der Waals surface area (Å²) in [6, 6.07) is 12.6. The molecular weight excluding hydrogens is 315 g/mol. The molecule has 0 saturated carbocycles. The number of carboxylic acids is 1. The minimum Gasteiger partial charge on any atom is -0.479 e. The van der Waals surface area contributed by atoms with E-state index in [4.69, 9.17) is 0 Å². The van der Waals surface area contributed by atoms with Crippen molar-refractivity contribution in [2.45, 2.75) is 70.4 Å². The van der Waals surface area contributed by atoms with Crippen molar-refractivity contribution in [1.29, 1.82) is 0 Å². The van der Waals surface area contributed by atoms with Crippen molar-refractivity contribution in [3.8, 4) is 0 Å². The van der Waals surface area contributed by atoms with Gasteiger partial charge in [-0.2, -0.15) is 0 Å². The Morgan fingerprint density at radius 1 is 0.920 bits per heavy atom. The highest BCUT2D eigenvalue weighted by Crippen LogP contribution is 2.37. The predicted molar refractivity (Wildman–Crippen MR) is 102 cm³/mol. The standard InChI is InChI=1S/C22H29FO2/c1-2-3-4-5-6-7-8-11-17-22(23,21(24)25)20-16-12-14-18-13-9-10-15-19(18)20/h9-10,12-16H,2-8,11,17H2,1H3,(H,24,25). The Morgan fingerprint density at radius 2 is 1.52 bits per heavy atom. The summed E-state index contributed by atoms with van der Waals surface area (Å²) >= 11 is 0. The second-order valence-corrected chi connectivity index (χ2v) is 6.86. The van der Waals surface area contributed by atoms with Crippen molar-refractivity contribution >= 4 is 16.7 Å². The SMILES string of the molecule is CCCCCCCCCCC(F)(C(=O)O)c1cccc2ccccc12. The first-order valence-electron chi connectivity index (χ1n) is 9.50. The molecule has 2 aromatic rings. The van der Waals surface area contributed by atoms with E-state index in [0.717, 1.165) is 24.6 Å². The Hall–Kier alpha value is -1.90. The topological polar surface area (TPSA) is 37.3 Å². The fraction of sp³-hybridized carbons (Fsp3) is 0.500. The maximum Gasteiger partial charge on any atom is 0.346 e. The van der Waals surface area contributed by atoms with E-state index in [0.29, 0.717) is 11.8 Å². The van der Waals surface area contributed by atoms with E-state index in [-0.39, 0.29) is 12.0 Å². The van der Waals surface area contributed by atoms with Gasteiger partial charge in [0.25, 0.3) is 0 Å². The zero-order valence-corrected chi connectivity index (χ0v) is 15.1. The number of alkyl halides is 1. The third kappa shape index (κ3) is 5.04. The molecule has 0 heterocycles. The van der Waals surface area contributed by atoms with Crippen LogP contribution in [0.2, 0.25) is 0 Å². The van der Waals surface area contributed by atoms with Crippen molar-refractivity contribution in [2.24, 2.45) is 0 Å². The van der Waals surface area contributed by atoms with Crippen LogP contribution in [0.5, 0.6) is 0 Å². The average molecular weight is 344 g/mol. The van der Waals surface area contributed by atoms with Crippen LogP contribution in [0.4, 0.5) is 4.39 Å². The summed E-state index contributed by atoms with van der Waals surface area (Å²) in [4.78, 5) is 11.7. The molecule has 2 nitrogen and oxygen atoms in total. The molecule has 25 heavy (non-hydrogen) atoms. The van der Waals surface area contributed by atoms with Crippen LogP contribution in [-0.4, -0.2) is 11.1 Å². The minimum atomic E-state index is -2.32. The van der Waals surface area contributed by atoms with Gasteiger partial charge in [0.2, 0.25) is 5.67 Å². The van der Waals surface area contributed by atoms with Gasteiger partial charge in [0.1, 0.15) is 0 Å². The molecule has 0 radical (unpaired) electrons. The number of benzene rings is 2. The van der Waals surface area contributed by atoms with E-state index in [1.54, 1.807) is 18.2 Å². The Labute approximate surface area is 150 Å². The summed E-state index contributed by atoms with van der Waals surface area (Å²) in [7, 11) is 0. The van der Waals surface area contributed by atoms with E-state index in [9.17, 15) is 9.90 Å². The molecule has 0 aliphatic rings. The van der Waals surface area contributed by atoms with Crippen molar-refractivity contribution in [3.63, 3.8) is 0 Å². The molecule has 0 aliphatic heterocycles. The number of fused-ring (bicyclic) bond motifs is 1. The van der Waals surface area contributed by atoms with E-state index >= 15 is 4.39 Å². The summed E-state index contributed by atoms with van der Waals surface area (Å²) in [5.41, 5.74) is -2.04. The van der Waals surface area contributed by atoms with E-state index in [1.165, 1.54) is 25.7 Å². The second kappa shape index (κ2) is 9.55. The fourth-order valence-corrected chi connectivity index (χ4v) is 3.43. The highest BCUT2D eigenvalue weighted by atomic mass is 19.1. The molecule has 1 atom stereocenters. The number of aliphatic carboxylic acids is 1. The van der Waals surface area contributed by atoms with Crippen molar-refractivity contribution in [1.82, 2.24) is 0 Å². The number of rotatable bonds is 11. The van der Waals surface area contributed by atoms with Gasteiger partial charge in [-0.15, -0.1) is 0 Å². The largest absolute Gasteiger partial charge is 0.479 e. The molecule has 0 fully saturated rings. The number of hydrogen-bond donors (Lipinski definition) is 1. The zero-order valence-electron chi connectivity index (χ0n) is 15.1. The average Bonchev–Trinajstić information content (AvgIpc) is 2.63. The summed E-state index contributed by atoms with van der Waals surface area (Å²) in [5.74, 6) is -1.38. The summed E-state index contributed by atoms with van der Waals surface area (Å²) in [5, 5.41) is 11.1. The second-order valence-electron chi connectivity index (χ2n) is 6.86. The summed E-state index contributed by atoms with van der Waals surface area (Å²) in [6.45, 7) is 2.19. The molecule has 136 valence electrons. The van der Waals surface area contributed by atoms with Gasteiger partial charge in [-0.1, -0.05) is 94.3 Å². The number of hydrogen-bond acceptors (Lipinski definition) is 1. The molecule has 1 unspecified atom stereocenters. The smallest absolute Gasteiger partial charge is 0.346 e. The molecule has 2 aromatic carbocycles. The van der Waals surface area contributed by atoms with Crippen LogP contribution < -0.4 is 0 Å². The quantitative estimate of drug-likeness (QED) is 0.465. The van der Waals surface area contributed by atoms with Crippen LogP contribution in [0.1, 0.15) is 70.3 Å². The van der Waals surface area contributed by atoms with Crippen LogP contribution in [-0.2, 0) is 10.5 Å².